The fourth-order valence-corrected chi connectivity index (χ4v) is 3.23. The van der Waals surface area contributed by atoms with E-state index in [1.54, 1.807) is 13.0 Å². The van der Waals surface area contributed by atoms with Gasteiger partial charge in [-0.3, -0.25) is 4.79 Å². The first kappa shape index (κ1) is 17.1. The highest BCUT2D eigenvalue weighted by molar-refractivity contribution is 7.89. The lowest BCUT2D eigenvalue weighted by Crippen LogP contribution is -2.45. The van der Waals surface area contributed by atoms with Crippen LogP contribution < -0.4 is 4.72 Å². The minimum atomic E-state index is -3.99. The van der Waals surface area contributed by atoms with Crippen molar-refractivity contribution in [2.75, 3.05) is 7.11 Å². The zero-order valence-corrected chi connectivity index (χ0v) is 13.0. The number of carbonyl (C=O) groups excluding carboxylic acids is 1. The Labute approximate surface area is 124 Å². The number of benzene rings is 1. The highest BCUT2D eigenvalue weighted by Crippen LogP contribution is 2.17. The van der Waals surface area contributed by atoms with Crippen molar-refractivity contribution in [2.45, 2.75) is 31.2 Å². The van der Waals surface area contributed by atoms with E-state index in [2.05, 4.69) is 9.46 Å². The van der Waals surface area contributed by atoms with Gasteiger partial charge in [-0.25, -0.2) is 8.42 Å². The highest BCUT2D eigenvalue weighted by Gasteiger charge is 2.31. The van der Waals surface area contributed by atoms with Gasteiger partial charge in [-0.05, 0) is 18.1 Å². The van der Waals surface area contributed by atoms with Crippen LogP contribution in [0.1, 0.15) is 25.8 Å². The van der Waals surface area contributed by atoms with Gasteiger partial charge in [0.05, 0.1) is 17.6 Å². The van der Waals surface area contributed by atoms with Gasteiger partial charge in [0, 0.05) is 0 Å². The van der Waals surface area contributed by atoms with Crippen LogP contribution in [0.25, 0.3) is 0 Å². The van der Waals surface area contributed by atoms with Crippen molar-refractivity contribution in [3.8, 4) is 6.07 Å². The lowest BCUT2D eigenvalue weighted by molar-refractivity contribution is -0.143. The van der Waals surface area contributed by atoms with Gasteiger partial charge < -0.3 is 4.74 Å². The molecule has 0 saturated heterocycles. The molecular weight excluding hydrogens is 292 g/mol. The molecule has 6 nitrogen and oxygen atoms in total. The molecule has 0 aliphatic rings. The van der Waals surface area contributed by atoms with Crippen molar-refractivity contribution in [1.82, 2.24) is 4.72 Å². The molecule has 0 amide bonds. The molecule has 1 aromatic carbocycles. The molecule has 0 fully saturated rings. The van der Waals surface area contributed by atoms with Gasteiger partial charge in [-0.1, -0.05) is 32.4 Å². The molecule has 0 heterocycles. The molecule has 0 unspecified atom stereocenters. The molecule has 1 aromatic rings. The van der Waals surface area contributed by atoms with Crippen LogP contribution in [0, 0.1) is 17.2 Å². The monoisotopic (exact) mass is 310 g/mol. The summed E-state index contributed by atoms with van der Waals surface area (Å²) in [5, 5.41) is 8.99. The number of ether oxygens (including phenoxy) is 1. The molecule has 21 heavy (non-hydrogen) atoms. The quantitative estimate of drug-likeness (QED) is 0.802. The first-order chi connectivity index (χ1) is 9.87. The molecule has 0 aromatic heterocycles. The van der Waals surface area contributed by atoms with Crippen LogP contribution in [-0.2, 0) is 19.6 Å². The number of nitriles is 1. The first-order valence-electron chi connectivity index (χ1n) is 6.46. The summed E-state index contributed by atoms with van der Waals surface area (Å²) >= 11 is 0. The van der Waals surface area contributed by atoms with Crippen molar-refractivity contribution in [1.29, 1.82) is 5.26 Å². The molecule has 0 bridgehead atoms. The average Bonchev–Trinajstić information content (AvgIpc) is 2.51. The summed E-state index contributed by atoms with van der Waals surface area (Å²) in [6.45, 7) is 3.60. The Kier molecular flexibility index (Phi) is 5.88. The normalized spacial score (nSPS) is 14.0. The number of carbonyl (C=O) groups is 1. The minimum Gasteiger partial charge on any atom is -0.468 e. The van der Waals surface area contributed by atoms with E-state index in [1.807, 2.05) is 13.0 Å². The fourth-order valence-electron chi connectivity index (χ4n) is 1.78. The zero-order chi connectivity index (χ0) is 16.0. The van der Waals surface area contributed by atoms with Crippen molar-refractivity contribution < 1.29 is 17.9 Å². The molecular formula is C14H18N2O4S. The molecule has 0 spiro atoms. The largest absolute Gasteiger partial charge is 0.468 e. The number of nitrogens with one attached hydrogen (secondary N) is 1. The van der Waals surface area contributed by atoms with Crippen LogP contribution in [0.2, 0.25) is 0 Å². The second-order valence-corrected chi connectivity index (χ2v) is 6.30. The number of nitrogens with zero attached hydrogens (tertiary/aromatic N) is 1. The summed E-state index contributed by atoms with van der Waals surface area (Å²) < 4.78 is 31.8. The van der Waals surface area contributed by atoms with Gasteiger partial charge in [0.25, 0.3) is 0 Å². The number of hydrogen-bond donors (Lipinski definition) is 1. The molecule has 0 aliphatic heterocycles. The number of esters is 1. The van der Waals surface area contributed by atoms with E-state index < -0.39 is 22.0 Å². The highest BCUT2D eigenvalue weighted by atomic mass is 32.2. The third-order valence-corrected chi connectivity index (χ3v) is 4.75. The predicted molar refractivity (Wildman–Crippen MR) is 76.7 cm³/mol. The lowest BCUT2D eigenvalue weighted by atomic mass is 10.0. The summed E-state index contributed by atoms with van der Waals surface area (Å²) in [6.07, 6.45) is 0.599. The summed E-state index contributed by atoms with van der Waals surface area (Å²) in [5.74, 6) is -0.885. The van der Waals surface area contributed by atoms with E-state index >= 15 is 0 Å². The topological polar surface area (TPSA) is 96.3 Å². The van der Waals surface area contributed by atoms with E-state index in [-0.39, 0.29) is 16.4 Å². The van der Waals surface area contributed by atoms with Crippen molar-refractivity contribution in [2.24, 2.45) is 5.92 Å². The van der Waals surface area contributed by atoms with E-state index in [1.165, 1.54) is 25.3 Å². The molecule has 0 aliphatic carbocycles. The Morgan fingerprint density at radius 1 is 1.43 bits per heavy atom. The van der Waals surface area contributed by atoms with Crippen LogP contribution in [0.4, 0.5) is 0 Å². The van der Waals surface area contributed by atoms with Crippen LogP contribution in [-0.4, -0.2) is 27.5 Å². The van der Waals surface area contributed by atoms with Gasteiger partial charge in [-0.2, -0.15) is 9.98 Å². The van der Waals surface area contributed by atoms with E-state index in [0.29, 0.717) is 6.42 Å². The smallest absolute Gasteiger partial charge is 0.324 e. The lowest BCUT2D eigenvalue weighted by Gasteiger charge is -2.21. The number of methoxy groups -OCH3 is 1. The summed E-state index contributed by atoms with van der Waals surface area (Å²) in [6, 6.07) is 6.66. The fraction of sp³-hybridized carbons (Fsp3) is 0.429. The van der Waals surface area contributed by atoms with Crippen molar-refractivity contribution in [3.63, 3.8) is 0 Å². The standard InChI is InChI=1S/C14H18N2O4S/c1-4-10(2)13(14(17)20-3)16-21(18,19)12-8-6-5-7-11(12)9-15/h5-8,10,13,16H,4H2,1-3H3/t10-,13+/m1/s1. The average molecular weight is 310 g/mol. The van der Waals surface area contributed by atoms with E-state index in [9.17, 15) is 13.2 Å². The molecule has 7 heteroatoms. The molecule has 1 rings (SSSR count). The van der Waals surface area contributed by atoms with Crippen LogP contribution in [0.3, 0.4) is 0 Å². The number of rotatable bonds is 6. The van der Waals surface area contributed by atoms with Gasteiger partial charge >= 0.3 is 5.97 Å². The Morgan fingerprint density at radius 2 is 2.05 bits per heavy atom. The van der Waals surface area contributed by atoms with Crippen LogP contribution >= 0.6 is 0 Å². The molecule has 0 saturated carbocycles. The molecule has 2 atom stereocenters. The van der Waals surface area contributed by atoms with Gasteiger partial charge in [0.15, 0.2) is 0 Å². The number of hydrogen-bond acceptors (Lipinski definition) is 5. The number of sulfonamides is 1. The van der Waals surface area contributed by atoms with Gasteiger partial charge in [0.1, 0.15) is 12.1 Å². The molecule has 1 N–H and O–H groups in total. The molecule has 0 radical (unpaired) electrons. The molecule has 114 valence electrons. The Morgan fingerprint density at radius 3 is 2.57 bits per heavy atom. The van der Waals surface area contributed by atoms with Crippen molar-refractivity contribution >= 4 is 16.0 Å². The zero-order valence-electron chi connectivity index (χ0n) is 12.2. The summed E-state index contributed by atoms with van der Waals surface area (Å²) in [5.41, 5.74) is 0.0257. The van der Waals surface area contributed by atoms with Crippen LogP contribution in [0.15, 0.2) is 29.2 Å². The first-order valence-corrected chi connectivity index (χ1v) is 7.95. The predicted octanol–water partition coefficient (Wildman–Crippen LogP) is 1.42. The van der Waals surface area contributed by atoms with Gasteiger partial charge in [-0.15, -0.1) is 0 Å². The maximum absolute atomic E-state index is 12.4. The maximum atomic E-state index is 12.4. The second kappa shape index (κ2) is 7.20. The van der Waals surface area contributed by atoms with Crippen LogP contribution in [0.5, 0.6) is 0 Å². The minimum absolute atomic E-state index is 0.0257. The second-order valence-electron chi connectivity index (χ2n) is 4.62. The Balaban J connectivity index is 3.18. The van der Waals surface area contributed by atoms with Gasteiger partial charge in [0.2, 0.25) is 10.0 Å². The maximum Gasteiger partial charge on any atom is 0.324 e. The van der Waals surface area contributed by atoms with Crippen molar-refractivity contribution in [3.05, 3.63) is 29.8 Å². The SMILES string of the molecule is CC[C@@H](C)[C@H](NS(=O)(=O)c1ccccc1C#N)C(=O)OC. The third kappa shape index (κ3) is 4.03. The van der Waals surface area contributed by atoms with E-state index in [4.69, 9.17) is 5.26 Å². The summed E-state index contributed by atoms with van der Waals surface area (Å²) in [4.78, 5) is 11.6. The summed E-state index contributed by atoms with van der Waals surface area (Å²) in [7, 11) is -2.78. The Bertz CT molecular complexity index is 649. The Hall–Kier alpha value is -1.91. The van der Waals surface area contributed by atoms with E-state index in [0.717, 1.165) is 0 Å². The third-order valence-electron chi connectivity index (χ3n) is 3.25.